The van der Waals surface area contributed by atoms with E-state index in [0.717, 1.165) is 19.6 Å². The molecule has 1 N–H and O–H groups in total. The van der Waals surface area contributed by atoms with E-state index in [9.17, 15) is 0 Å². The number of fused-ring (bicyclic) bond motifs is 1. The van der Waals surface area contributed by atoms with Gasteiger partial charge >= 0.3 is 0 Å². The van der Waals surface area contributed by atoms with E-state index in [1.165, 1.54) is 32.5 Å². The second-order valence-corrected chi connectivity index (χ2v) is 6.09. The van der Waals surface area contributed by atoms with Crippen LogP contribution in [0.15, 0.2) is 24.3 Å². The Kier molecular flexibility index (Phi) is 4.71. The summed E-state index contributed by atoms with van der Waals surface area (Å²) >= 11 is 0. The summed E-state index contributed by atoms with van der Waals surface area (Å²) in [6.45, 7) is 5.36. The summed E-state index contributed by atoms with van der Waals surface area (Å²) in [5.41, 5.74) is 3.08. The van der Waals surface area contributed by atoms with E-state index in [0.29, 0.717) is 12.0 Å². The summed E-state index contributed by atoms with van der Waals surface area (Å²) in [6, 6.07) is 9.54. The number of hydrogen-bond donors (Lipinski definition) is 1. The Balaban J connectivity index is 1.59. The van der Waals surface area contributed by atoms with Gasteiger partial charge in [-0.15, -0.1) is 0 Å². The molecule has 1 aromatic rings. The van der Waals surface area contributed by atoms with Crippen molar-refractivity contribution in [1.82, 2.24) is 10.2 Å². The van der Waals surface area contributed by atoms with Crippen LogP contribution in [0.25, 0.3) is 0 Å². The smallest absolute Gasteiger partial charge is 0.0521 e. The minimum atomic E-state index is 0.620. The van der Waals surface area contributed by atoms with Crippen LogP contribution in [0.2, 0.25) is 0 Å². The third-order valence-electron chi connectivity index (χ3n) is 4.85. The van der Waals surface area contributed by atoms with Crippen molar-refractivity contribution in [1.29, 1.82) is 0 Å². The molecule has 2 aliphatic rings. The highest BCUT2D eigenvalue weighted by Gasteiger charge is 2.26. The lowest BCUT2D eigenvalue weighted by molar-refractivity contribution is 0.0189. The lowest BCUT2D eigenvalue weighted by atomic mass is 9.95. The first-order valence-corrected chi connectivity index (χ1v) is 7.91. The fraction of sp³-hybridized carbons (Fsp3) is 0.647. The quantitative estimate of drug-likeness (QED) is 0.908. The molecular formula is C17H26N2O. The van der Waals surface area contributed by atoms with Crippen molar-refractivity contribution in [3.05, 3.63) is 35.4 Å². The van der Waals surface area contributed by atoms with Crippen LogP contribution >= 0.6 is 0 Å². The molecule has 0 amide bonds. The summed E-state index contributed by atoms with van der Waals surface area (Å²) in [6.07, 6.45) is 3.52. The van der Waals surface area contributed by atoms with Crippen molar-refractivity contribution in [2.45, 2.75) is 25.3 Å². The number of hydrogen-bond acceptors (Lipinski definition) is 3. The van der Waals surface area contributed by atoms with Gasteiger partial charge in [-0.2, -0.15) is 0 Å². The fourth-order valence-electron chi connectivity index (χ4n) is 3.59. The van der Waals surface area contributed by atoms with Crippen LogP contribution in [0.5, 0.6) is 0 Å². The Labute approximate surface area is 122 Å². The number of rotatable bonds is 3. The van der Waals surface area contributed by atoms with Crippen molar-refractivity contribution in [2.75, 3.05) is 39.9 Å². The molecule has 2 atom stereocenters. The van der Waals surface area contributed by atoms with Crippen LogP contribution in [-0.4, -0.2) is 50.8 Å². The maximum absolute atomic E-state index is 5.68. The predicted octanol–water partition coefficient (Wildman–Crippen LogP) is 1.71. The summed E-state index contributed by atoms with van der Waals surface area (Å²) in [5.74, 6) is 0.634. The maximum Gasteiger partial charge on any atom is 0.0521 e. The highest BCUT2D eigenvalue weighted by molar-refractivity contribution is 5.28. The van der Waals surface area contributed by atoms with Crippen LogP contribution < -0.4 is 5.32 Å². The Morgan fingerprint density at radius 1 is 1.20 bits per heavy atom. The van der Waals surface area contributed by atoms with Gasteiger partial charge in [-0.3, -0.25) is 0 Å². The molecule has 2 aliphatic heterocycles. The van der Waals surface area contributed by atoms with E-state index in [1.807, 2.05) is 0 Å². The fourth-order valence-corrected chi connectivity index (χ4v) is 3.59. The Bertz CT molecular complexity index is 408. The van der Waals surface area contributed by atoms with Crippen molar-refractivity contribution >= 4 is 0 Å². The molecule has 20 heavy (non-hydrogen) atoms. The summed E-state index contributed by atoms with van der Waals surface area (Å²) in [7, 11) is 2.08. The molecule has 1 fully saturated rings. The zero-order valence-electron chi connectivity index (χ0n) is 12.5. The van der Waals surface area contributed by atoms with Gasteiger partial charge in [0.2, 0.25) is 0 Å². The third kappa shape index (κ3) is 3.22. The topological polar surface area (TPSA) is 24.5 Å². The molecule has 2 unspecified atom stereocenters. The van der Waals surface area contributed by atoms with E-state index in [4.69, 9.17) is 4.74 Å². The van der Waals surface area contributed by atoms with E-state index >= 15 is 0 Å². The van der Waals surface area contributed by atoms with Crippen LogP contribution in [0, 0.1) is 5.92 Å². The largest absolute Gasteiger partial charge is 0.381 e. The Morgan fingerprint density at radius 3 is 2.55 bits per heavy atom. The first kappa shape index (κ1) is 14.1. The normalized spacial score (nSPS) is 27.9. The van der Waals surface area contributed by atoms with Gasteiger partial charge in [-0.05, 0) is 37.4 Å². The maximum atomic E-state index is 5.68. The second-order valence-electron chi connectivity index (χ2n) is 6.09. The first-order valence-electron chi connectivity index (χ1n) is 7.91. The van der Waals surface area contributed by atoms with E-state index in [2.05, 4.69) is 41.5 Å². The molecule has 0 radical (unpaired) electrons. The zero-order chi connectivity index (χ0) is 13.8. The molecule has 0 aliphatic carbocycles. The van der Waals surface area contributed by atoms with Crippen molar-refractivity contribution in [3.63, 3.8) is 0 Å². The molecule has 0 spiro atoms. The van der Waals surface area contributed by atoms with E-state index in [1.54, 1.807) is 11.1 Å². The Morgan fingerprint density at radius 2 is 1.90 bits per heavy atom. The van der Waals surface area contributed by atoms with Crippen LogP contribution in [0.3, 0.4) is 0 Å². The van der Waals surface area contributed by atoms with E-state index < -0.39 is 0 Å². The molecule has 3 nitrogen and oxygen atoms in total. The average Bonchev–Trinajstić information content (AvgIpc) is 2.71. The molecule has 1 saturated heterocycles. The molecule has 0 bridgehead atoms. The van der Waals surface area contributed by atoms with Crippen LogP contribution in [0.1, 0.15) is 17.5 Å². The minimum absolute atomic E-state index is 0.620. The van der Waals surface area contributed by atoms with Crippen molar-refractivity contribution in [2.24, 2.45) is 5.92 Å². The Hall–Kier alpha value is -0.900. The van der Waals surface area contributed by atoms with Crippen LogP contribution in [0.4, 0.5) is 0 Å². The van der Waals surface area contributed by atoms with Crippen molar-refractivity contribution in [3.8, 4) is 0 Å². The van der Waals surface area contributed by atoms with Gasteiger partial charge in [-0.25, -0.2) is 0 Å². The first-order chi connectivity index (χ1) is 9.86. The van der Waals surface area contributed by atoms with Gasteiger partial charge in [0.15, 0.2) is 0 Å². The van der Waals surface area contributed by atoms with Gasteiger partial charge in [0.05, 0.1) is 6.61 Å². The number of nitrogens with one attached hydrogen (secondary N) is 1. The van der Waals surface area contributed by atoms with Gasteiger partial charge < -0.3 is 15.0 Å². The molecule has 0 aromatic heterocycles. The molecule has 3 heteroatoms. The summed E-state index contributed by atoms with van der Waals surface area (Å²) in [4.78, 5) is 2.63. The van der Waals surface area contributed by atoms with Gasteiger partial charge in [-0.1, -0.05) is 24.3 Å². The lowest BCUT2D eigenvalue weighted by Gasteiger charge is -2.35. The predicted molar refractivity (Wildman–Crippen MR) is 82.1 cm³/mol. The molecular weight excluding hydrogens is 248 g/mol. The molecule has 3 rings (SSSR count). The number of benzene rings is 1. The standard InChI is InChI=1S/C17H26N2O/c1-18-17-8-11-20-13-16(17)12-19-9-6-14-4-2-3-5-15(14)7-10-19/h2-5,16-18H,6-13H2,1H3. The van der Waals surface area contributed by atoms with Gasteiger partial charge in [0, 0.05) is 38.2 Å². The third-order valence-corrected chi connectivity index (χ3v) is 4.85. The SMILES string of the molecule is CNC1CCOCC1CN1CCc2ccccc2CC1. The number of ether oxygens (including phenoxy) is 1. The van der Waals surface area contributed by atoms with Gasteiger partial charge in [0.25, 0.3) is 0 Å². The van der Waals surface area contributed by atoms with E-state index in [-0.39, 0.29) is 0 Å². The van der Waals surface area contributed by atoms with Gasteiger partial charge in [0.1, 0.15) is 0 Å². The average molecular weight is 274 g/mol. The molecule has 110 valence electrons. The van der Waals surface area contributed by atoms with Crippen molar-refractivity contribution < 1.29 is 4.74 Å². The second kappa shape index (κ2) is 6.70. The highest BCUT2D eigenvalue weighted by Crippen LogP contribution is 2.19. The summed E-state index contributed by atoms with van der Waals surface area (Å²) < 4.78 is 5.68. The lowest BCUT2D eigenvalue weighted by Crippen LogP contribution is -2.47. The molecule has 2 heterocycles. The summed E-state index contributed by atoms with van der Waals surface area (Å²) in [5, 5.41) is 3.47. The zero-order valence-corrected chi connectivity index (χ0v) is 12.5. The molecule has 1 aromatic carbocycles. The van der Waals surface area contributed by atoms with Crippen LogP contribution in [-0.2, 0) is 17.6 Å². The monoisotopic (exact) mass is 274 g/mol. The number of nitrogens with zero attached hydrogens (tertiary/aromatic N) is 1. The minimum Gasteiger partial charge on any atom is -0.381 e. The molecule has 0 saturated carbocycles. The highest BCUT2D eigenvalue weighted by atomic mass is 16.5.